The Morgan fingerprint density at radius 3 is 2.38 bits per heavy atom. The van der Waals surface area contributed by atoms with Crippen molar-refractivity contribution in [1.82, 2.24) is 10.6 Å². The molecule has 0 fully saturated rings. The molecule has 1 aromatic carbocycles. The first-order valence-corrected chi connectivity index (χ1v) is 11.5. The summed E-state index contributed by atoms with van der Waals surface area (Å²) in [5, 5.41) is 24.7. The maximum Gasteiger partial charge on any atom is 0.185 e. The lowest BCUT2D eigenvalue weighted by molar-refractivity contribution is -0.121. The summed E-state index contributed by atoms with van der Waals surface area (Å²) < 4.78 is 4.72. The molecule has 0 bridgehead atoms. The Labute approximate surface area is 206 Å². The number of benzene rings is 1. The predicted molar refractivity (Wildman–Crippen MR) is 145 cm³/mol. The number of aliphatic imine (C=N–C) groups is 1. The number of nitrogens with zero attached hydrogens (tertiary/aromatic N) is 2. The van der Waals surface area contributed by atoms with E-state index in [1.807, 2.05) is 65.1 Å². The van der Waals surface area contributed by atoms with Crippen LogP contribution in [0.4, 0.5) is 5.69 Å². The highest BCUT2D eigenvalue weighted by Gasteiger charge is 2.12. The monoisotopic (exact) mass is 478 g/mol. The highest BCUT2D eigenvalue weighted by atomic mass is 16.5. The maximum absolute atomic E-state index is 11.6. The number of rotatable bonds is 12. The van der Waals surface area contributed by atoms with Crippen LogP contribution in [0.15, 0.2) is 47.1 Å². The second-order valence-corrected chi connectivity index (χ2v) is 7.47. The van der Waals surface area contributed by atoms with Crippen molar-refractivity contribution in [1.29, 1.82) is 0 Å². The van der Waals surface area contributed by atoms with Crippen LogP contribution in [0.25, 0.3) is 5.57 Å². The Balaban J connectivity index is 0. The van der Waals surface area contributed by atoms with Crippen LogP contribution in [-0.4, -0.2) is 82.5 Å². The minimum absolute atomic E-state index is 0.213. The zero-order chi connectivity index (χ0) is 26.5. The molecule has 34 heavy (non-hydrogen) atoms. The van der Waals surface area contributed by atoms with Crippen molar-refractivity contribution in [2.75, 3.05) is 52.4 Å². The Morgan fingerprint density at radius 1 is 1.35 bits per heavy atom. The number of hydrogen-bond acceptors (Lipinski definition) is 8. The molecule has 0 radical (unpaired) electrons. The molecule has 0 amide bonds. The molecule has 0 saturated heterocycles. The molecule has 0 spiro atoms. The van der Waals surface area contributed by atoms with Gasteiger partial charge in [-0.15, -0.1) is 0 Å². The van der Waals surface area contributed by atoms with Gasteiger partial charge in [0.25, 0.3) is 0 Å². The third kappa shape index (κ3) is 15.5. The fourth-order valence-electron chi connectivity index (χ4n) is 2.39. The lowest BCUT2D eigenvalue weighted by atomic mass is 10.1. The highest BCUT2D eigenvalue weighted by Crippen LogP contribution is 2.23. The van der Waals surface area contributed by atoms with Crippen molar-refractivity contribution in [2.24, 2.45) is 4.99 Å². The number of methoxy groups -OCH3 is 1. The van der Waals surface area contributed by atoms with E-state index in [4.69, 9.17) is 4.74 Å². The minimum Gasteiger partial charge on any atom is -0.390 e. The summed E-state index contributed by atoms with van der Waals surface area (Å²) in [6.45, 7) is 15.2. The van der Waals surface area contributed by atoms with Gasteiger partial charge in [-0.05, 0) is 71.3 Å². The maximum atomic E-state index is 11.6. The van der Waals surface area contributed by atoms with Crippen LogP contribution in [0.3, 0.4) is 0 Å². The average molecular weight is 479 g/mol. The molecule has 4 N–H and O–H groups in total. The standard InChI is InChI=1S/C17H23NO3.C5H12N2.C4H11NO/c1-5-12(2)14-7-6-8-15(9-14)18(4)16(11-19)10-17(21)13(3)20;1-4-7-5(2)6-3;1-5-3-4-6-2/h5-10,13,19-20H,11H2,1-4H3;5,7H,3-4H2,1-2H3;5H,3-4H2,1-2H3/b12-5+,16-10-;;. The number of ether oxygens (including phenoxy) is 1. The van der Waals surface area contributed by atoms with Gasteiger partial charge in [0.1, 0.15) is 6.10 Å². The Hall–Kier alpha value is -2.36. The number of aliphatic hydroxyl groups is 2. The van der Waals surface area contributed by atoms with E-state index in [1.54, 1.807) is 19.1 Å². The SMILES string of the molecule is C/C=C(\C)c1cccc(N(C)/C(=C\C(=O)C(C)O)CO)c1.C=NC(C)NCC.CNCCOC. The van der Waals surface area contributed by atoms with E-state index in [2.05, 4.69) is 22.3 Å². The van der Waals surface area contributed by atoms with E-state index in [1.165, 1.54) is 13.0 Å². The lowest BCUT2D eigenvalue weighted by Crippen LogP contribution is -2.23. The quantitative estimate of drug-likeness (QED) is 0.208. The molecule has 8 nitrogen and oxygen atoms in total. The van der Waals surface area contributed by atoms with Gasteiger partial charge in [0.2, 0.25) is 0 Å². The van der Waals surface area contributed by atoms with Gasteiger partial charge in [0, 0.05) is 38.2 Å². The lowest BCUT2D eigenvalue weighted by Gasteiger charge is -2.22. The van der Waals surface area contributed by atoms with Crippen LogP contribution in [0.5, 0.6) is 0 Å². The van der Waals surface area contributed by atoms with Crippen LogP contribution in [-0.2, 0) is 9.53 Å². The molecule has 0 aliphatic carbocycles. The number of ketones is 1. The second kappa shape index (κ2) is 21.2. The number of allylic oxidation sites excluding steroid dienone is 2. The average Bonchev–Trinajstić information content (AvgIpc) is 2.85. The molecule has 2 atom stereocenters. The molecule has 2 unspecified atom stereocenters. The zero-order valence-corrected chi connectivity index (χ0v) is 22.3. The summed E-state index contributed by atoms with van der Waals surface area (Å²) in [4.78, 5) is 17.1. The molecule has 1 aromatic rings. The van der Waals surface area contributed by atoms with E-state index in [-0.39, 0.29) is 12.8 Å². The van der Waals surface area contributed by atoms with Gasteiger partial charge in [-0.2, -0.15) is 0 Å². The summed E-state index contributed by atoms with van der Waals surface area (Å²) >= 11 is 0. The molecule has 0 saturated carbocycles. The van der Waals surface area contributed by atoms with Gasteiger partial charge < -0.3 is 25.2 Å². The molecule has 0 aromatic heterocycles. The summed E-state index contributed by atoms with van der Waals surface area (Å²) in [6, 6.07) is 7.84. The highest BCUT2D eigenvalue weighted by molar-refractivity contribution is 5.94. The summed E-state index contributed by atoms with van der Waals surface area (Å²) in [5.74, 6) is -0.424. The summed E-state index contributed by atoms with van der Waals surface area (Å²) in [6.07, 6.45) is 2.44. The van der Waals surface area contributed by atoms with Gasteiger partial charge in [-0.1, -0.05) is 25.1 Å². The molecule has 0 aliphatic rings. The Kier molecular flexibility index (Phi) is 21.1. The van der Waals surface area contributed by atoms with Crippen LogP contribution < -0.4 is 15.5 Å². The number of nitrogens with one attached hydrogen (secondary N) is 2. The number of aliphatic hydroxyl groups excluding tert-OH is 2. The number of carbonyl (C=O) groups is 1. The van der Waals surface area contributed by atoms with Crippen LogP contribution in [0.1, 0.15) is 40.2 Å². The van der Waals surface area contributed by atoms with Crippen LogP contribution in [0.2, 0.25) is 0 Å². The van der Waals surface area contributed by atoms with Crippen molar-refractivity contribution in [2.45, 2.75) is 46.9 Å². The Bertz CT molecular complexity index is 744. The normalized spacial score (nSPS) is 13.0. The number of anilines is 1. The fourth-order valence-corrected chi connectivity index (χ4v) is 2.39. The number of likely N-dealkylation sites (N-methyl/N-ethyl adjacent to an activating group) is 2. The zero-order valence-electron chi connectivity index (χ0n) is 22.3. The van der Waals surface area contributed by atoms with E-state index in [0.29, 0.717) is 5.70 Å². The molecule has 0 heterocycles. The van der Waals surface area contributed by atoms with Crippen LogP contribution >= 0.6 is 0 Å². The van der Waals surface area contributed by atoms with E-state index in [0.717, 1.165) is 36.5 Å². The topological polar surface area (TPSA) is 106 Å². The number of carbonyl (C=O) groups excluding carboxylic acids is 1. The molecule has 8 heteroatoms. The molecule has 1 rings (SSSR count). The minimum atomic E-state index is -1.07. The van der Waals surface area contributed by atoms with Gasteiger partial charge in [-0.25, -0.2) is 0 Å². The van der Waals surface area contributed by atoms with E-state index >= 15 is 0 Å². The molecule has 194 valence electrons. The number of hydrogen-bond donors (Lipinski definition) is 4. The van der Waals surface area contributed by atoms with Crippen molar-refractivity contribution in [3.63, 3.8) is 0 Å². The van der Waals surface area contributed by atoms with Crippen LogP contribution in [0, 0.1) is 0 Å². The molecular weight excluding hydrogens is 432 g/mol. The first-order chi connectivity index (χ1) is 16.1. The van der Waals surface area contributed by atoms with Gasteiger partial charge in [0.05, 0.1) is 19.4 Å². The predicted octanol–water partition coefficient (Wildman–Crippen LogP) is 2.87. The van der Waals surface area contributed by atoms with Crippen molar-refractivity contribution < 1.29 is 19.7 Å². The largest absolute Gasteiger partial charge is 0.390 e. The smallest absolute Gasteiger partial charge is 0.185 e. The van der Waals surface area contributed by atoms with Gasteiger partial charge in [-0.3, -0.25) is 15.1 Å². The third-order valence-electron chi connectivity index (χ3n) is 4.76. The van der Waals surface area contributed by atoms with E-state index in [9.17, 15) is 15.0 Å². The summed E-state index contributed by atoms with van der Waals surface area (Å²) in [7, 11) is 5.37. The van der Waals surface area contributed by atoms with Gasteiger partial charge in [0.15, 0.2) is 5.78 Å². The third-order valence-corrected chi connectivity index (χ3v) is 4.76. The van der Waals surface area contributed by atoms with Gasteiger partial charge >= 0.3 is 0 Å². The fraction of sp³-hybridized carbons (Fsp3) is 0.538. The van der Waals surface area contributed by atoms with Crippen molar-refractivity contribution in [3.05, 3.63) is 47.7 Å². The first kappa shape index (κ1) is 33.8. The first-order valence-electron chi connectivity index (χ1n) is 11.5. The van der Waals surface area contributed by atoms with E-state index < -0.39 is 11.9 Å². The molecule has 0 aliphatic heterocycles. The van der Waals surface area contributed by atoms with Crippen molar-refractivity contribution in [3.8, 4) is 0 Å². The van der Waals surface area contributed by atoms with Crippen molar-refractivity contribution >= 4 is 23.8 Å². The second-order valence-electron chi connectivity index (χ2n) is 7.47. The molecular formula is C26H46N4O4. The Morgan fingerprint density at radius 2 is 2.00 bits per heavy atom. The summed E-state index contributed by atoms with van der Waals surface area (Å²) in [5.41, 5.74) is 3.55.